The molecule has 0 unspecified atom stereocenters. The summed E-state index contributed by atoms with van der Waals surface area (Å²) in [6.07, 6.45) is -0.946. The van der Waals surface area contributed by atoms with E-state index in [1.165, 1.54) is 0 Å². The van der Waals surface area contributed by atoms with Crippen LogP contribution in [0.25, 0.3) is 0 Å². The highest BCUT2D eigenvalue weighted by atomic mass is 127. The summed E-state index contributed by atoms with van der Waals surface area (Å²) >= 11 is 7.39. The average Bonchev–Trinajstić information content (AvgIpc) is 2.08. The lowest BCUT2D eigenvalue weighted by molar-refractivity contribution is 0.149. The summed E-state index contributed by atoms with van der Waals surface area (Å²) in [6.45, 7) is 1.75. The molecule has 0 aliphatic heterocycles. The van der Waals surface area contributed by atoms with Crippen molar-refractivity contribution in [1.29, 1.82) is 0 Å². The highest BCUT2D eigenvalue weighted by Gasteiger charge is 2.18. The molecule has 0 fully saturated rings. The minimum Gasteiger partial charge on any atom is -0.259 e. The van der Waals surface area contributed by atoms with Crippen LogP contribution >= 0.6 is 34.2 Å². The highest BCUT2D eigenvalue weighted by molar-refractivity contribution is 14.1. The predicted molar refractivity (Wildman–Crippen MR) is 56.2 cm³/mol. The summed E-state index contributed by atoms with van der Waals surface area (Å²) in [6, 6.07) is 0. The second-order valence-electron chi connectivity index (χ2n) is 2.55. The number of rotatable bonds is 2. The van der Waals surface area contributed by atoms with Crippen LogP contribution in [-0.2, 0) is 5.88 Å². The summed E-state index contributed by atoms with van der Waals surface area (Å²) in [7, 11) is 0. The van der Waals surface area contributed by atoms with E-state index in [0.717, 1.165) is 5.56 Å². The van der Waals surface area contributed by atoms with Gasteiger partial charge in [0.2, 0.25) is 0 Å². The van der Waals surface area contributed by atoms with E-state index in [1.807, 2.05) is 22.6 Å². The quantitative estimate of drug-likeness (QED) is 0.599. The fourth-order valence-corrected chi connectivity index (χ4v) is 1.87. The maximum Gasteiger partial charge on any atom is 0.266 e. The Morgan fingerprint density at radius 3 is 2.69 bits per heavy atom. The Labute approximate surface area is 93.6 Å². The molecule has 0 aromatic carbocycles. The van der Waals surface area contributed by atoms with E-state index in [0.29, 0.717) is 3.57 Å². The molecule has 13 heavy (non-hydrogen) atoms. The summed E-state index contributed by atoms with van der Waals surface area (Å²) < 4.78 is 25.7. The number of aryl methyl sites for hydroxylation is 1. The van der Waals surface area contributed by atoms with Crippen molar-refractivity contribution in [3.63, 3.8) is 0 Å². The standard InChI is InChI=1S/C8H7ClF2IN/c1-4-3-13-5(2-9)6(7(4)12)8(10)11/h3,8H,2H2,1H3. The molecule has 0 saturated heterocycles. The Morgan fingerprint density at radius 1 is 1.62 bits per heavy atom. The normalized spacial score (nSPS) is 10.9. The van der Waals surface area contributed by atoms with Gasteiger partial charge in [-0.15, -0.1) is 11.6 Å². The van der Waals surface area contributed by atoms with E-state index < -0.39 is 6.43 Å². The Kier molecular flexibility index (Phi) is 3.85. The van der Waals surface area contributed by atoms with Crippen LogP contribution in [0.3, 0.4) is 0 Å². The van der Waals surface area contributed by atoms with Crippen LogP contribution in [0.5, 0.6) is 0 Å². The SMILES string of the molecule is Cc1cnc(CCl)c(C(F)F)c1I. The van der Waals surface area contributed by atoms with Crippen molar-refractivity contribution >= 4 is 34.2 Å². The first-order valence-corrected chi connectivity index (χ1v) is 5.17. The molecule has 5 heteroatoms. The zero-order valence-electron chi connectivity index (χ0n) is 6.82. The van der Waals surface area contributed by atoms with Crippen molar-refractivity contribution in [2.24, 2.45) is 0 Å². The monoisotopic (exact) mass is 317 g/mol. The number of aromatic nitrogens is 1. The van der Waals surface area contributed by atoms with Crippen molar-refractivity contribution in [3.8, 4) is 0 Å². The van der Waals surface area contributed by atoms with Crippen LogP contribution in [0.1, 0.15) is 23.2 Å². The van der Waals surface area contributed by atoms with Crippen LogP contribution < -0.4 is 0 Å². The molecule has 0 N–H and O–H groups in total. The largest absolute Gasteiger partial charge is 0.266 e. The predicted octanol–water partition coefficient (Wildman–Crippen LogP) is 3.67. The first-order chi connectivity index (χ1) is 6.07. The van der Waals surface area contributed by atoms with Crippen molar-refractivity contribution in [1.82, 2.24) is 4.98 Å². The molecule has 1 heterocycles. The molecule has 0 atom stereocenters. The van der Waals surface area contributed by atoms with Gasteiger partial charge in [0.25, 0.3) is 6.43 Å². The zero-order valence-corrected chi connectivity index (χ0v) is 9.73. The maximum atomic E-state index is 12.6. The van der Waals surface area contributed by atoms with Gasteiger partial charge in [-0.25, -0.2) is 8.78 Å². The summed E-state index contributed by atoms with van der Waals surface area (Å²) in [5, 5.41) is 0. The van der Waals surface area contributed by atoms with Gasteiger partial charge in [0.05, 0.1) is 17.1 Å². The smallest absolute Gasteiger partial charge is 0.259 e. The highest BCUT2D eigenvalue weighted by Crippen LogP contribution is 2.29. The number of nitrogens with zero attached hydrogens (tertiary/aromatic N) is 1. The first kappa shape index (κ1) is 11.1. The average molecular weight is 318 g/mol. The molecule has 72 valence electrons. The molecule has 1 aromatic rings. The minimum absolute atomic E-state index is 0.0238. The van der Waals surface area contributed by atoms with E-state index in [4.69, 9.17) is 11.6 Å². The van der Waals surface area contributed by atoms with Gasteiger partial charge >= 0.3 is 0 Å². The summed E-state index contributed by atoms with van der Waals surface area (Å²) in [5.74, 6) is 0.0238. The van der Waals surface area contributed by atoms with Crippen molar-refractivity contribution in [2.45, 2.75) is 19.2 Å². The summed E-state index contributed by atoms with van der Waals surface area (Å²) in [5.41, 5.74) is 0.993. The van der Waals surface area contributed by atoms with Crippen LogP contribution in [0.4, 0.5) is 8.78 Å². The second kappa shape index (κ2) is 4.50. The van der Waals surface area contributed by atoms with Crippen LogP contribution in [0.2, 0.25) is 0 Å². The van der Waals surface area contributed by atoms with E-state index in [9.17, 15) is 8.78 Å². The fraction of sp³-hybridized carbons (Fsp3) is 0.375. The van der Waals surface area contributed by atoms with Gasteiger partial charge in [0.1, 0.15) is 0 Å². The number of hydrogen-bond acceptors (Lipinski definition) is 1. The third-order valence-electron chi connectivity index (χ3n) is 1.65. The lowest BCUT2D eigenvalue weighted by atomic mass is 10.1. The molecule has 0 amide bonds. The van der Waals surface area contributed by atoms with Crippen LogP contribution in [0, 0.1) is 10.5 Å². The lowest BCUT2D eigenvalue weighted by Gasteiger charge is -2.09. The van der Waals surface area contributed by atoms with Gasteiger partial charge in [-0.05, 0) is 35.1 Å². The van der Waals surface area contributed by atoms with E-state index >= 15 is 0 Å². The molecular formula is C8H7ClF2IN. The zero-order chi connectivity index (χ0) is 10.0. The second-order valence-corrected chi connectivity index (χ2v) is 3.90. The number of alkyl halides is 3. The van der Waals surface area contributed by atoms with Gasteiger partial charge in [-0.3, -0.25) is 4.98 Å². The molecule has 1 rings (SSSR count). The third kappa shape index (κ3) is 2.28. The minimum atomic E-state index is -2.51. The van der Waals surface area contributed by atoms with E-state index in [2.05, 4.69) is 4.98 Å². The Bertz CT molecular complexity index is 317. The number of halogens is 4. The molecule has 1 nitrogen and oxygen atoms in total. The molecule has 0 bridgehead atoms. The molecule has 0 saturated carbocycles. The van der Waals surface area contributed by atoms with Gasteiger partial charge < -0.3 is 0 Å². The van der Waals surface area contributed by atoms with Gasteiger partial charge in [0, 0.05) is 9.77 Å². The molecule has 0 aliphatic carbocycles. The Balaban J connectivity index is 3.32. The molecular weight excluding hydrogens is 310 g/mol. The van der Waals surface area contributed by atoms with E-state index in [1.54, 1.807) is 13.1 Å². The Morgan fingerprint density at radius 2 is 2.23 bits per heavy atom. The van der Waals surface area contributed by atoms with Gasteiger partial charge in [0.15, 0.2) is 0 Å². The molecule has 1 aromatic heterocycles. The van der Waals surface area contributed by atoms with E-state index in [-0.39, 0.29) is 17.1 Å². The fourth-order valence-electron chi connectivity index (χ4n) is 0.968. The van der Waals surface area contributed by atoms with Gasteiger partial charge in [-0.2, -0.15) is 0 Å². The first-order valence-electron chi connectivity index (χ1n) is 3.56. The lowest BCUT2D eigenvalue weighted by Crippen LogP contribution is -2.01. The Hall–Kier alpha value is 0.0300. The third-order valence-corrected chi connectivity index (χ3v) is 3.34. The van der Waals surface area contributed by atoms with Crippen molar-refractivity contribution in [3.05, 3.63) is 26.6 Å². The summed E-state index contributed by atoms with van der Waals surface area (Å²) in [4.78, 5) is 3.86. The molecule has 0 aliphatic rings. The van der Waals surface area contributed by atoms with Crippen molar-refractivity contribution < 1.29 is 8.78 Å². The van der Waals surface area contributed by atoms with Gasteiger partial charge in [-0.1, -0.05) is 0 Å². The maximum absolute atomic E-state index is 12.6. The topological polar surface area (TPSA) is 12.9 Å². The number of pyridine rings is 1. The molecule has 0 spiro atoms. The van der Waals surface area contributed by atoms with Crippen molar-refractivity contribution in [2.75, 3.05) is 0 Å². The molecule has 0 radical (unpaired) electrons. The van der Waals surface area contributed by atoms with Crippen LogP contribution in [0.15, 0.2) is 6.20 Å². The van der Waals surface area contributed by atoms with Crippen LogP contribution in [-0.4, -0.2) is 4.98 Å². The number of hydrogen-bond donors (Lipinski definition) is 0.